The van der Waals surface area contributed by atoms with Crippen molar-refractivity contribution in [3.63, 3.8) is 0 Å². The van der Waals surface area contributed by atoms with Crippen molar-refractivity contribution in [1.82, 2.24) is 10.3 Å². The number of alkyl carbamates (subject to hydrolysis) is 1. The van der Waals surface area contributed by atoms with Crippen LogP contribution in [0.25, 0.3) is 0 Å². The summed E-state index contributed by atoms with van der Waals surface area (Å²) in [6.45, 7) is 5.94. The van der Waals surface area contributed by atoms with Crippen LogP contribution in [0.5, 0.6) is 0 Å². The summed E-state index contributed by atoms with van der Waals surface area (Å²) >= 11 is 0. The number of carbonyl (C=O) groups excluding carboxylic acids is 2. The number of hydrogen-bond donors (Lipinski definition) is 1. The fourth-order valence-corrected chi connectivity index (χ4v) is 4.80. The first-order valence-corrected chi connectivity index (χ1v) is 10.8. The van der Waals surface area contributed by atoms with Crippen LogP contribution in [0.4, 0.5) is 4.79 Å². The number of amides is 1. The van der Waals surface area contributed by atoms with Gasteiger partial charge in [-0.3, -0.25) is 9.78 Å². The molecule has 2 heterocycles. The molecule has 1 N–H and O–H groups in total. The molecule has 1 aromatic rings. The molecule has 1 aliphatic carbocycles. The monoisotopic (exact) mass is 402 g/mol. The molecular formula is C23H34N2O4. The van der Waals surface area contributed by atoms with Crippen LogP contribution in [0.3, 0.4) is 0 Å². The number of carbonyl (C=O) groups is 2. The van der Waals surface area contributed by atoms with Crippen molar-refractivity contribution in [2.24, 2.45) is 11.8 Å². The minimum absolute atomic E-state index is 0.222. The minimum Gasteiger partial charge on any atom is -0.465 e. The van der Waals surface area contributed by atoms with E-state index >= 15 is 0 Å². The van der Waals surface area contributed by atoms with Crippen LogP contribution in [0.15, 0.2) is 24.5 Å². The highest BCUT2D eigenvalue weighted by Gasteiger charge is 2.49. The molecule has 2 aliphatic rings. The molecule has 1 amide bonds. The number of esters is 1. The van der Waals surface area contributed by atoms with E-state index < -0.39 is 17.2 Å². The van der Waals surface area contributed by atoms with Crippen LogP contribution in [0.1, 0.15) is 71.3 Å². The van der Waals surface area contributed by atoms with Crippen LogP contribution >= 0.6 is 0 Å². The van der Waals surface area contributed by atoms with Gasteiger partial charge in [-0.15, -0.1) is 0 Å². The summed E-state index contributed by atoms with van der Waals surface area (Å²) in [5, 5.41) is 3.17. The minimum atomic E-state index is -0.735. The molecule has 0 unspecified atom stereocenters. The average molecular weight is 403 g/mol. The largest absolute Gasteiger partial charge is 0.465 e. The van der Waals surface area contributed by atoms with Crippen molar-refractivity contribution in [1.29, 1.82) is 0 Å². The Morgan fingerprint density at radius 1 is 1.24 bits per heavy atom. The maximum atomic E-state index is 12.9. The second-order valence-electron chi connectivity index (χ2n) is 9.54. The lowest BCUT2D eigenvalue weighted by molar-refractivity contribution is -0.143. The van der Waals surface area contributed by atoms with Crippen molar-refractivity contribution in [3.05, 3.63) is 30.1 Å². The summed E-state index contributed by atoms with van der Waals surface area (Å²) in [5.74, 6) is -0.123. The van der Waals surface area contributed by atoms with Gasteiger partial charge in [0.2, 0.25) is 0 Å². The molecular weight excluding hydrogens is 368 g/mol. The third-order valence-electron chi connectivity index (χ3n) is 5.97. The second kappa shape index (κ2) is 9.14. The van der Waals surface area contributed by atoms with Crippen LogP contribution in [-0.4, -0.2) is 34.8 Å². The van der Waals surface area contributed by atoms with Gasteiger partial charge in [-0.2, -0.15) is 0 Å². The maximum absolute atomic E-state index is 12.9. The fraction of sp³-hybridized carbons (Fsp3) is 0.696. The topological polar surface area (TPSA) is 77.5 Å². The fourth-order valence-electron chi connectivity index (χ4n) is 4.80. The number of aromatic nitrogens is 1. The third kappa shape index (κ3) is 5.94. The summed E-state index contributed by atoms with van der Waals surface area (Å²) in [4.78, 5) is 29.8. The van der Waals surface area contributed by atoms with Gasteiger partial charge in [0, 0.05) is 12.4 Å². The van der Waals surface area contributed by atoms with Crippen LogP contribution in [-0.2, 0) is 20.7 Å². The Labute approximate surface area is 173 Å². The third-order valence-corrected chi connectivity index (χ3v) is 5.97. The van der Waals surface area contributed by atoms with E-state index in [0.717, 1.165) is 24.8 Å². The van der Waals surface area contributed by atoms with E-state index in [1.807, 2.05) is 39.1 Å². The SMILES string of the molecule is CC(C)(C)OC(=O)N[C@](Cc1cccnc1)(CC1CCCCC1)[C@@H]1CCOC1=O. The second-order valence-corrected chi connectivity index (χ2v) is 9.54. The van der Waals surface area contributed by atoms with E-state index in [2.05, 4.69) is 10.3 Å². The average Bonchev–Trinajstić information content (AvgIpc) is 3.08. The number of pyridine rings is 1. The smallest absolute Gasteiger partial charge is 0.408 e. The van der Waals surface area contributed by atoms with Gasteiger partial charge in [0.1, 0.15) is 5.60 Å². The Kier molecular flexibility index (Phi) is 6.81. The molecule has 0 radical (unpaired) electrons. The first kappa shape index (κ1) is 21.6. The Morgan fingerprint density at radius 2 is 2.00 bits per heavy atom. The summed E-state index contributed by atoms with van der Waals surface area (Å²) in [7, 11) is 0. The van der Waals surface area contributed by atoms with Gasteiger partial charge in [0.15, 0.2) is 0 Å². The zero-order valence-corrected chi connectivity index (χ0v) is 17.9. The van der Waals surface area contributed by atoms with Gasteiger partial charge in [-0.1, -0.05) is 38.2 Å². The van der Waals surface area contributed by atoms with Gasteiger partial charge in [-0.05, 0) is 57.6 Å². The summed E-state index contributed by atoms with van der Waals surface area (Å²) in [6.07, 6.45) is 10.9. The van der Waals surface area contributed by atoms with Gasteiger partial charge in [-0.25, -0.2) is 4.79 Å². The zero-order valence-electron chi connectivity index (χ0n) is 17.9. The highest BCUT2D eigenvalue weighted by Crippen LogP contribution is 2.39. The molecule has 29 heavy (non-hydrogen) atoms. The highest BCUT2D eigenvalue weighted by atomic mass is 16.6. The van der Waals surface area contributed by atoms with Crippen LogP contribution in [0, 0.1) is 11.8 Å². The predicted octanol–water partition coefficient (Wildman–Crippen LogP) is 4.42. The highest BCUT2D eigenvalue weighted by molar-refractivity contribution is 5.78. The van der Waals surface area contributed by atoms with Gasteiger partial charge in [0.05, 0.1) is 18.1 Å². The molecule has 0 aromatic carbocycles. The van der Waals surface area contributed by atoms with Crippen molar-refractivity contribution >= 4 is 12.1 Å². The summed E-state index contributed by atoms with van der Waals surface area (Å²) in [6, 6.07) is 3.89. The Morgan fingerprint density at radius 3 is 2.59 bits per heavy atom. The van der Waals surface area contributed by atoms with Gasteiger partial charge >= 0.3 is 12.1 Å². The van der Waals surface area contributed by atoms with E-state index in [0.29, 0.717) is 25.4 Å². The van der Waals surface area contributed by atoms with Gasteiger partial charge < -0.3 is 14.8 Å². The van der Waals surface area contributed by atoms with E-state index in [9.17, 15) is 9.59 Å². The van der Waals surface area contributed by atoms with E-state index in [4.69, 9.17) is 9.47 Å². The molecule has 1 saturated carbocycles. The Bertz CT molecular complexity index is 695. The first-order chi connectivity index (χ1) is 13.8. The maximum Gasteiger partial charge on any atom is 0.408 e. The lowest BCUT2D eigenvalue weighted by Gasteiger charge is -2.41. The lowest BCUT2D eigenvalue weighted by atomic mass is 9.70. The molecule has 2 fully saturated rings. The van der Waals surface area contributed by atoms with E-state index in [1.54, 1.807) is 6.20 Å². The molecule has 1 aliphatic heterocycles. The molecule has 6 nitrogen and oxygen atoms in total. The molecule has 1 aromatic heterocycles. The number of cyclic esters (lactones) is 1. The van der Waals surface area contributed by atoms with Crippen molar-refractivity contribution < 1.29 is 19.1 Å². The van der Waals surface area contributed by atoms with Crippen molar-refractivity contribution in [2.45, 2.75) is 83.3 Å². The number of nitrogens with zero attached hydrogens (tertiary/aromatic N) is 1. The van der Waals surface area contributed by atoms with Crippen molar-refractivity contribution in [2.75, 3.05) is 6.61 Å². The van der Waals surface area contributed by atoms with Crippen LogP contribution < -0.4 is 5.32 Å². The molecule has 160 valence electrons. The number of nitrogens with one attached hydrogen (secondary N) is 1. The molecule has 2 atom stereocenters. The molecule has 0 spiro atoms. The van der Waals surface area contributed by atoms with Crippen molar-refractivity contribution in [3.8, 4) is 0 Å². The standard InChI is InChI=1S/C23H34N2O4/c1-22(2,3)29-21(27)25-23(19-11-13-28-20(19)26,14-17-8-5-4-6-9-17)15-18-10-7-12-24-16-18/h7,10,12,16-17,19H,4-6,8-9,11,13-15H2,1-3H3,(H,25,27)/t19-,23+/m1/s1. The quantitative estimate of drug-likeness (QED) is 0.713. The van der Waals surface area contributed by atoms with Crippen LogP contribution in [0.2, 0.25) is 0 Å². The number of hydrogen-bond acceptors (Lipinski definition) is 5. The predicted molar refractivity (Wildman–Crippen MR) is 110 cm³/mol. The summed E-state index contributed by atoms with van der Waals surface area (Å²) in [5.41, 5.74) is -0.342. The Balaban J connectivity index is 1.93. The molecule has 3 rings (SSSR count). The Hall–Kier alpha value is -2.11. The molecule has 0 bridgehead atoms. The van der Waals surface area contributed by atoms with E-state index in [-0.39, 0.29) is 11.9 Å². The molecule has 6 heteroatoms. The molecule has 1 saturated heterocycles. The van der Waals surface area contributed by atoms with E-state index in [1.165, 1.54) is 19.3 Å². The number of rotatable bonds is 6. The normalized spacial score (nSPS) is 22.6. The first-order valence-electron chi connectivity index (χ1n) is 10.8. The summed E-state index contributed by atoms with van der Waals surface area (Å²) < 4.78 is 10.9. The number of ether oxygens (including phenoxy) is 2. The lowest BCUT2D eigenvalue weighted by Crippen LogP contribution is -2.58. The van der Waals surface area contributed by atoms with Gasteiger partial charge in [0.25, 0.3) is 0 Å². The zero-order chi connectivity index (χ0) is 20.9.